The fourth-order valence-electron chi connectivity index (χ4n) is 1.74. The van der Waals surface area contributed by atoms with Crippen LogP contribution in [0, 0.1) is 0 Å². The lowest BCUT2D eigenvalue weighted by Gasteiger charge is -2.20. The summed E-state index contributed by atoms with van der Waals surface area (Å²) >= 11 is 6.24. The molecule has 0 atom stereocenters. The zero-order valence-electron chi connectivity index (χ0n) is 13.0. The van der Waals surface area contributed by atoms with Gasteiger partial charge in [-0.05, 0) is 45.9 Å². The van der Waals surface area contributed by atoms with E-state index in [0.29, 0.717) is 13.2 Å². The van der Waals surface area contributed by atoms with E-state index in [2.05, 4.69) is 12.2 Å². The number of hydrogen-bond donors (Lipinski definition) is 1. The SMILES string of the molecule is CCCNCc1c(Cl)cccc1OCCOC(C)(C)C. The second-order valence-electron chi connectivity index (χ2n) is 5.70. The van der Waals surface area contributed by atoms with Crippen LogP contribution in [0.4, 0.5) is 0 Å². The summed E-state index contributed by atoms with van der Waals surface area (Å²) in [6.07, 6.45) is 1.10. The van der Waals surface area contributed by atoms with E-state index in [1.54, 1.807) is 0 Å². The number of rotatable bonds is 8. The molecular formula is C16H26ClNO2. The summed E-state index contributed by atoms with van der Waals surface area (Å²) in [6.45, 7) is 11.0. The molecule has 0 radical (unpaired) electrons. The van der Waals surface area contributed by atoms with Gasteiger partial charge in [0.1, 0.15) is 12.4 Å². The number of ether oxygens (including phenoxy) is 2. The maximum atomic E-state index is 6.24. The number of halogens is 1. The number of hydrogen-bond acceptors (Lipinski definition) is 3. The summed E-state index contributed by atoms with van der Waals surface area (Å²) in [5.41, 5.74) is 0.877. The van der Waals surface area contributed by atoms with Crippen LogP contribution in [0.3, 0.4) is 0 Å². The lowest BCUT2D eigenvalue weighted by molar-refractivity contribution is -0.0164. The predicted molar refractivity (Wildman–Crippen MR) is 84.6 cm³/mol. The molecule has 3 nitrogen and oxygen atoms in total. The van der Waals surface area contributed by atoms with Gasteiger partial charge in [-0.25, -0.2) is 0 Å². The topological polar surface area (TPSA) is 30.5 Å². The predicted octanol–water partition coefficient (Wildman–Crippen LogP) is 4.03. The smallest absolute Gasteiger partial charge is 0.125 e. The van der Waals surface area contributed by atoms with Crippen LogP contribution >= 0.6 is 11.6 Å². The van der Waals surface area contributed by atoms with Crippen molar-refractivity contribution < 1.29 is 9.47 Å². The van der Waals surface area contributed by atoms with Gasteiger partial charge in [-0.3, -0.25) is 0 Å². The van der Waals surface area contributed by atoms with Crippen LogP contribution in [0.1, 0.15) is 39.7 Å². The minimum atomic E-state index is -0.136. The van der Waals surface area contributed by atoms with Crippen molar-refractivity contribution in [3.8, 4) is 5.75 Å². The minimum absolute atomic E-state index is 0.136. The summed E-state index contributed by atoms with van der Waals surface area (Å²) in [5, 5.41) is 4.09. The van der Waals surface area contributed by atoms with Crippen molar-refractivity contribution in [1.29, 1.82) is 0 Å². The van der Waals surface area contributed by atoms with E-state index in [0.717, 1.165) is 35.8 Å². The van der Waals surface area contributed by atoms with Crippen molar-refractivity contribution in [2.75, 3.05) is 19.8 Å². The molecule has 1 N–H and O–H groups in total. The first-order chi connectivity index (χ1) is 9.44. The normalized spacial score (nSPS) is 11.7. The van der Waals surface area contributed by atoms with Crippen molar-refractivity contribution >= 4 is 11.6 Å². The van der Waals surface area contributed by atoms with Gasteiger partial charge < -0.3 is 14.8 Å². The fourth-order valence-corrected chi connectivity index (χ4v) is 1.97. The molecule has 114 valence electrons. The third-order valence-corrected chi connectivity index (χ3v) is 3.03. The first-order valence-electron chi connectivity index (χ1n) is 7.19. The first kappa shape index (κ1) is 17.3. The Morgan fingerprint density at radius 3 is 2.60 bits per heavy atom. The highest BCUT2D eigenvalue weighted by atomic mass is 35.5. The first-order valence-corrected chi connectivity index (χ1v) is 7.56. The van der Waals surface area contributed by atoms with E-state index in [1.807, 2.05) is 39.0 Å². The highest BCUT2D eigenvalue weighted by Crippen LogP contribution is 2.26. The zero-order valence-corrected chi connectivity index (χ0v) is 13.7. The molecule has 1 rings (SSSR count). The second-order valence-corrected chi connectivity index (χ2v) is 6.11. The van der Waals surface area contributed by atoms with Gasteiger partial charge in [0.25, 0.3) is 0 Å². The van der Waals surface area contributed by atoms with Gasteiger partial charge in [0.05, 0.1) is 12.2 Å². The van der Waals surface area contributed by atoms with E-state index < -0.39 is 0 Å². The van der Waals surface area contributed by atoms with Crippen molar-refractivity contribution in [2.45, 2.75) is 46.3 Å². The van der Waals surface area contributed by atoms with Gasteiger partial charge in [-0.1, -0.05) is 24.6 Å². The highest BCUT2D eigenvalue weighted by molar-refractivity contribution is 6.31. The van der Waals surface area contributed by atoms with Gasteiger partial charge in [-0.2, -0.15) is 0 Å². The molecule has 20 heavy (non-hydrogen) atoms. The van der Waals surface area contributed by atoms with E-state index in [9.17, 15) is 0 Å². The molecule has 0 unspecified atom stereocenters. The van der Waals surface area contributed by atoms with Crippen LogP contribution in [0.5, 0.6) is 5.75 Å². The van der Waals surface area contributed by atoms with Crippen LogP contribution in [0.15, 0.2) is 18.2 Å². The van der Waals surface area contributed by atoms with Gasteiger partial charge >= 0.3 is 0 Å². The highest BCUT2D eigenvalue weighted by Gasteiger charge is 2.11. The molecule has 1 aromatic rings. The molecule has 4 heteroatoms. The summed E-state index contributed by atoms with van der Waals surface area (Å²) < 4.78 is 11.4. The van der Waals surface area contributed by atoms with Crippen LogP contribution in [-0.2, 0) is 11.3 Å². The van der Waals surface area contributed by atoms with Gasteiger partial charge in [-0.15, -0.1) is 0 Å². The molecule has 0 bridgehead atoms. The fraction of sp³-hybridized carbons (Fsp3) is 0.625. The summed E-state index contributed by atoms with van der Waals surface area (Å²) in [4.78, 5) is 0. The zero-order chi connectivity index (χ0) is 15.0. The van der Waals surface area contributed by atoms with Gasteiger partial charge in [0.2, 0.25) is 0 Å². The Balaban J connectivity index is 2.53. The van der Waals surface area contributed by atoms with E-state index in [4.69, 9.17) is 21.1 Å². The third-order valence-electron chi connectivity index (χ3n) is 2.68. The molecule has 0 aromatic heterocycles. The Morgan fingerprint density at radius 1 is 1.20 bits per heavy atom. The molecular weight excluding hydrogens is 274 g/mol. The molecule has 0 aliphatic rings. The Bertz CT molecular complexity index is 402. The van der Waals surface area contributed by atoms with Crippen LogP contribution in [0.25, 0.3) is 0 Å². The van der Waals surface area contributed by atoms with E-state index in [-0.39, 0.29) is 5.60 Å². The average molecular weight is 300 g/mol. The molecule has 0 aliphatic carbocycles. The minimum Gasteiger partial charge on any atom is -0.491 e. The summed E-state index contributed by atoms with van der Waals surface area (Å²) in [7, 11) is 0. The summed E-state index contributed by atoms with van der Waals surface area (Å²) in [6, 6.07) is 5.75. The van der Waals surface area contributed by atoms with Crippen molar-refractivity contribution in [2.24, 2.45) is 0 Å². The lowest BCUT2D eigenvalue weighted by atomic mass is 10.2. The second kappa shape index (κ2) is 8.50. The lowest BCUT2D eigenvalue weighted by Crippen LogP contribution is -2.23. The van der Waals surface area contributed by atoms with Crippen LogP contribution in [-0.4, -0.2) is 25.4 Å². The Hall–Kier alpha value is -0.770. The molecule has 0 aliphatic heterocycles. The Morgan fingerprint density at radius 2 is 1.95 bits per heavy atom. The van der Waals surface area contributed by atoms with Gasteiger partial charge in [0.15, 0.2) is 0 Å². The molecule has 0 heterocycles. The molecule has 0 spiro atoms. The van der Waals surface area contributed by atoms with Crippen LogP contribution in [0.2, 0.25) is 5.02 Å². The molecule has 1 aromatic carbocycles. The monoisotopic (exact) mass is 299 g/mol. The number of nitrogens with one attached hydrogen (secondary N) is 1. The van der Waals surface area contributed by atoms with Gasteiger partial charge in [0, 0.05) is 17.1 Å². The van der Waals surface area contributed by atoms with Crippen LogP contribution < -0.4 is 10.1 Å². The summed E-state index contributed by atoms with van der Waals surface area (Å²) in [5.74, 6) is 0.832. The van der Waals surface area contributed by atoms with Crippen molar-refractivity contribution in [3.05, 3.63) is 28.8 Å². The van der Waals surface area contributed by atoms with E-state index in [1.165, 1.54) is 0 Å². The maximum absolute atomic E-state index is 6.24. The van der Waals surface area contributed by atoms with E-state index >= 15 is 0 Å². The molecule has 0 amide bonds. The third kappa shape index (κ3) is 6.60. The quantitative estimate of drug-likeness (QED) is 0.735. The molecule has 0 fully saturated rings. The average Bonchev–Trinajstić information content (AvgIpc) is 2.36. The largest absolute Gasteiger partial charge is 0.491 e. The maximum Gasteiger partial charge on any atom is 0.125 e. The Labute approximate surface area is 127 Å². The van der Waals surface area contributed by atoms with Crippen molar-refractivity contribution in [3.63, 3.8) is 0 Å². The van der Waals surface area contributed by atoms with Crippen molar-refractivity contribution in [1.82, 2.24) is 5.32 Å². The number of benzene rings is 1. The standard InChI is InChI=1S/C16H26ClNO2/c1-5-9-18-12-13-14(17)7-6-8-15(13)19-10-11-20-16(2,3)4/h6-8,18H,5,9-12H2,1-4H3. The molecule has 0 saturated heterocycles. The molecule has 0 saturated carbocycles. The Kier molecular flexibility index (Phi) is 7.35.